The predicted octanol–water partition coefficient (Wildman–Crippen LogP) is 3.11. The molecule has 4 heteroatoms. The van der Waals surface area contributed by atoms with Gasteiger partial charge in [0.25, 0.3) is 5.91 Å². The zero-order chi connectivity index (χ0) is 16.2. The first-order valence-corrected chi connectivity index (χ1v) is 8.05. The van der Waals surface area contributed by atoms with E-state index in [4.69, 9.17) is 4.74 Å². The molecule has 1 fully saturated rings. The zero-order valence-corrected chi connectivity index (χ0v) is 13.6. The van der Waals surface area contributed by atoms with E-state index in [0.29, 0.717) is 5.92 Å². The summed E-state index contributed by atoms with van der Waals surface area (Å²) in [4.78, 5) is 18.7. The van der Waals surface area contributed by atoms with E-state index in [2.05, 4.69) is 4.98 Å². The average molecular weight is 310 g/mol. The molecule has 3 rings (SSSR count). The van der Waals surface area contributed by atoms with Crippen molar-refractivity contribution in [2.75, 3.05) is 13.1 Å². The van der Waals surface area contributed by atoms with Gasteiger partial charge < -0.3 is 9.64 Å². The topological polar surface area (TPSA) is 42.4 Å². The minimum Gasteiger partial charge on any atom is -0.480 e. The Balaban J connectivity index is 1.62. The van der Waals surface area contributed by atoms with E-state index >= 15 is 0 Å². The fraction of sp³-hybridized carbons (Fsp3) is 0.368. The minimum absolute atomic E-state index is 0.0779. The van der Waals surface area contributed by atoms with Crippen molar-refractivity contribution >= 4 is 5.91 Å². The molecule has 4 nitrogen and oxygen atoms in total. The molecule has 23 heavy (non-hydrogen) atoms. The number of amides is 1. The Morgan fingerprint density at radius 2 is 1.78 bits per heavy atom. The summed E-state index contributed by atoms with van der Waals surface area (Å²) in [7, 11) is 0. The number of nitrogens with zero attached hydrogens (tertiary/aromatic N) is 2. The highest BCUT2D eigenvalue weighted by molar-refractivity contribution is 5.82. The van der Waals surface area contributed by atoms with Crippen LogP contribution in [-0.2, 0) is 4.79 Å². The largest absolute Gasteiger partial charge is 0.480 e. The quantitative estimate of drug-likeness (QED) is 0.852. The average Bonchev–Trinajstić information content (AvgIpc) is 2.53. The van der Waals surface area contributed by atoms with Crippen LogP contribution in [-0.4, -0.2) is 35.0 Å². The number of ether oxygens (including phenoxy) is 1. The molecule has 1 amide bonds. The Morgan fingerprint density at radius 1 is 1.13 bits per heavy atom. The van der Waals surface area contributed by atoms with Gasteiger partial charge in [-0.3, -0.25) is 9.78 Å². The van der Waals surface area contributed by atoms with Crippen molar-refractivity contribution in [1.29, 1.82) is 0 Å². The Hall–Kier alpha value is -2.36. The highest BCUT2D eigenvalue weighted by atomic mass is 16.5. The van der Waals surface area contributed by atoms with E-state index in [1.54, 1.807) is 12.4 Å². The number of para-hydroxylation sites is 1. The molecule has 1 saturated heterocycles. The highest BCUT2D eigenvalue weighted by Crippen LogP contribution is 2.28. The maximum Gasteiger partial charge on any atom is 0.263 e. The number of hydrogen-bond acceptors (Lipinski definition) is 3. The summed E-state index contributed by atoms with van der Waals surface area (Å²) in [5.41, 5.74) is 1.24. The highest BCUT2D eigenvalue weighted by Gasteiger charge is 2.37. The third kappa shape index (κ3) is 3.52. The van der Waals surface area contributed by atoms with Crippen LogP contribution in [0.25, 0.3) is 0 Å². The number of rotatable bonds is 5. The van der Waals surface area contributed by atoms with Crippen molar-refractivity contribution < 1.29 is 9.53 Å². The van der Waals surface area contributed by atoms with Gasteiger partial charge in [-0.15, -0.1) is 0 Å². The minimum atomic E-state index is -0.434. The lowest BCUT2D eigenvalue weighted by atomic mass is 9.91. The van der Waals surface area contributed by atoms with Crippen LogP contribution < -0.4 is 4.74 Å². The molecule has 0 saturated carbocycles. The monoisotopic (exact) mass is 310 g/mol. The SMILES string of the molecule is CC(C)C(Oc1ccccc1)C(=O)N1CC(c2ccncc2)C1. The maximum absolute atomic E-state index is 12.7. The number of benzene rings is 1. The van der Waals surface area contributed by atoms with Gasteiger partial charge in [0.2, 0.25) is 0 Å². The molecule has 1 aromatic carbocycles. The molecule has 0 N–H and O–H groups in total. The first-order chi connectivity index (χ1) is 11.1. The molecule has 2 aromatic rings. The zero-order valence-electron chi connectivity index (χ0n) is 13.6. The molecule has 1 aliphatic heterocycles. The normalized spacial score (nSPS) is 16.0. The van der Waals surface area contributed by atoms with Crippen LogP contribution in [0.15, 0.2) is 54.9 Å². The van der Waals surface area contributed by atoms with Crippen molar-refractivity contribution in [1.82, 2.24) is 9.88 Å². The molecule has 1 unspecified atom stereocenters. The van der Waals surface area contributed by atoms with E-state index in [0.717, 1.165) is 18.8 Å². The Bertz CT molecular complexity index is 637. The second kappa shape index (κ2) is 6.82. The van der Waals surface area contributed by atoms with Crippen LogP contribution >= 0.6 is 0 Å². The summed E-state index contributed by atoms with van der Waals surface area (Å²) in [6.07, 6.45) is 3.17. The molecule has 120 valence electrons. The van der Waals surface area contributed by atoms with E-state index < -0.39 is 6.10 Å². The van der Waals surface area contributed by atoms with Crippen molar-refractivity contribution in [2.45, 2.75) is 25.9 Å². The first kappa shape index (κ1) is 15.5. The van der Waals surface area contributed by atoms with Crippen molar-refractivity contribution in [2.24, 2.45) is 5.92 Å². The van der Waals surface area contributed by atoms with Crippen molar-refractivity contribution in [3.05, 3.63) is 60.4 Å². The summed E-state index contributed by atoms with van der Waals surface area (Å²) in [6, 6.07) is 13.6. The lowest BCUT2D eigenvalue weighted by Crippen LogP contribution is -2.54. The Labute approximate surface area is 137 Å². The van der Waals surface area contributed by atoms with Gasteiger partial charge in [0.1, 0.15) is 5.75 Å². The van der Waals surface area contributed by atoms with Crippen molar-refractivity contribution in [3.8, 4) is 5.75 Å². The number of aromatic nitrogens is 1. The van der Waals surface area contributed by atoms with Crippen LogP contribution in [0.3, 0.4) is 0 Å². The predicted molar refractivity (Wildman–Crippen MR) is 89.3 cm³/mol. The van der Waals surface area contributed by atoms with Crippen molar-refractivity contribution in [3.63, 3.8) is 0 Å². The lowest BCUT2D eigenvalue weighted by Gasteiger charge is -2.41. The van der Waals surface area contributed by atoms with Gasteiger partial charge in [0, 0.05) is 31.4 Å². The molecular weight excluding hydrogens is 288 g/mol. The number of likely N-dealkylation sites (tertiary alicyclic amines) is 1. The van der Waals surface area contributed by atoms with Gasteiger partial charge in [0.05, 0.1) is 0 Å². The van der Waals surface area contributed by atoms with E-state index in [1.807, 2.05) is 61.2 Å². The molecule has 1 atom stereocenters. The van der Waals surface area contributed by atoms with Gasteiger partial charge in [-0.2, -0.15) is 0 Å². The second-order valence-corrected chi connectivity index (χ2v) is 6.32. The summed E-state index contributed by atoms with van der Waals surface area (Å²) in [5, 5.41) is 0. The fourth-order valence-electron chi connectivity index (χ4n) is 2.80. The number of carbonyl (C=O) groups is 1. The van der Waals surface area contributed by atoms with Crippen LogP contribution in [0.2, 0.25) is 0 Å². The molecule has 0 bridgehead atoms. The third-order valence-corrected chi connectivity index (χ3v) is 4.23. The summed E-state index contributed by atoms with van der Waals surface area (Å²) >= 11 is 0. The van der Waals surface area contributed by atoms with Gasteiger partial charge in [0.15, 0.2) is 6.10 Å². The standard InChI is InChI=1S/C19H22N2O2/c1-14(2)18(23-17-6-4-3-5-7-17)19(22)21-12-16(13-21)15-8-10-20-11-9-15/h3-11,14,16,18H,12-13H2,1-2H3. The molecule has 1 aromatic heterocycles. The second-order valence-electron chi connectivity index (χ2n) is 6.32. The Morgan fingerprint density at radius 3 is 2.39 bits per heavy atom. The van der Waals surface area contributed by atoms with E-state index in [9.17, 15) is 4.79 Å². The molecule has 0 radical (unpaired) electrons. The Kier molecular flexibility index (Phi) is 4.60. The van der Waals surface area contributed by atoms with E-state index in [-0.39, 0.29) is 11.8 Å². The van der Waals surface area contributed by atoms with Gasteiger partial charge >= 0.3 is 0 Å². The third-order valence-electron chi connectivity index (χ3n) is 4.23. The first-order valence-electron chi connectivity index (χ1n) is 8.05. The number of pyridine rings is 1. The molecular formula is C19H22N2O2. The van der Waals surface area contributed by atoms with Gasteiger partial charge in [-0.1, -0.05) is 32.0 Å². The fourth-order valence-corrected chi connectivity index (χ4v) is 2.80. The van der Waals surface area contributed by atoms with Crippen LogP contribution in [0.1, 0.15) is 25.3 Å². The molecule has 0 aliphatic carbocycles. The van der Waals surface area contributed by atoms with Crippen LogP contribution in [0.4, 0.5) is 0 Å². The lowest BCUT2D eigenvalue weighted by molar-refractivity contribution is -0.145. The smallest absolute Gasteiger partial charge is 0.263 e. The number of hydrogen-bond donors (Lipinski definition) is 0. The van der Waals surface area contributed by atoms with Gasteiger partial charge in [-0.25, -0.2) is 0 Å². The summed E-state index contributed by atoms with van der Waals surface area (Å²) in [6.45, 7) is 5.55. The summed E-state index contributed by atoms with van der Waals surface area (Å²) in [5.74, 6) is 1.36. The van der Waals surface area contributed by atoms with Crippen LogP contribution in [0, 0.1) is 5.92 Å². The maximum atomic E-state index is 12.7. The molecule has 0 spiro atoms. The number of carbonyl (C=O) groups excluding carboxylic acids is 1. The van der Waals surface area contributed by atoms with E-state index in [1.165, 1.54) is 5.56 Å². The molecule has 1 aliphatic rings. The molecule has 2 heterocycles. The van der Waals surface area contributed by atoms with Gasteiger partial charge in [-0.05, 0) is 35.7 Å². The summed E-state index contributed by atoms with van der Waals surface area (Å²) < 4.78 is 5.93. The van der Waals surface area contributed by atoms with Crippen LogP contribution in [0.5, 0.6) is 5.75 Å².